The molecule has 23 heavy (non-hydrogen) atoms. The van der Waals surface area contributed by atoms with E-state index in [1.807, 2.05) is 0 Å². The van der Waals surface area contributed by atoms with Gasteiger partial charge in [-0.05, 0) is 36.8 Å². The van der Waals surface area contributed by atoms with E-state index < -0.39 is 28.4 Å². The fourth-order valence-corrected chi connectivity index (χ4v) is 3.25. The van der Waals surface area contributed by atoms with E-state index in [1.165, 1.54) is 18.2 Å². The standard InChI is InChI=1S/C14H12ClNO5S2/c1-8-2-3-9(23(16,19)20)6-10(8)14(18)21-7-11(17)12-4-5-13(15)22-12/h2-6H,7H2,1H3,(H2,16,19,20). The predicted molar refractivity (Wildman–Crippen MR) is 86.5 cm³/mol. The molecule has 0 bridgehead atoms. The molecule has 1 aromatic carbocycles. The number of carbonyl (C=O) groups is 2. The van der Waals surface area contributed by atoms with Crippen LogP contribution in [-0.4, -0.2) is 26.8 Å². The molecule has 0 saturated heterocycles. The number of rotatable bonds is 5. The SMILES string of the molecule is Cc1ccc(S(N)(=O)=O)cc1C(=O)OCC(=O)c1ccc(Cl)s1. The molecular formula is C14H12ClNO5S2. The number of benzene rings is 1. The predicted octanol–water partition coefficient (Wildman–Crippen LogP) is 2.40. The summed E-state index contributed by atoms with van der Waals surface area (Å²) < 4.78 is 28.1. The van der Waals surface area contributed by atoms with Crippen LogP contribution < -0.4 is 5.14 Å². The first-order chi connectivity index (χ1) is 10.7. The number of esters is 1. The summed E-state index contributed by atoms with van der Waals surface area (Å²) in [5.74, 6) is -1.19. The third-order valence-electron chi connectivity index (χ3n) is 2.94. The van der Waals surface area contributed by atoms with Crippen molar-refractivity contribution in [1.82, 2.24) is 0 Å². The minimum Gasteiger partial charge on any atom is -0.454 e. The van der Waals surface area contributed by atoms with Crippen LogP contribution in [0.1, 0.15) is 25.6 Å². The lowest BCUT2D eigenvalue weighted by Crippen LogP contribution is -2.16. The van der Waals surface area contributed by atoms with E-state index in [9.17, 15) is 18.0 Å². The number of ketones is 1. The van der Waals surface area contributed by atoms with Crippen molar-refractivity contribution in [2.45, 2.75) is 11.8 Å². The second kappa shape index (κ2) is 6.79. The summed E-state index contributed by atoms with van der Waals surface area (Å²) in [6.45, 7) is 1.15. The van der Waals surface area contributed by atoms with Crippen LogP contribution in [0, 0.1) is 6.92 Å². The zero-order chi connectivity index (χ0) is 17.2. The van der Waals surface area contributed by atoms with Crippen LogP contribution in [0.3, 0.4) is 0 Å². The molecule has 0 saturated carbocycles. The maximum absolute atomic E-state index is 12.1. The van der Waals surface area contributed by atoms with E-state index >= 15 is 0 Å². The van der Waals surface area contributed by atoms with Crippen LogP contribution in [0.4, 0.5) is 0 Å². The quantitative estimate of drug-likeness (QED) is 0.640. The lowest BCUT2D eigenvalue weighted by atomic mass is 10.1. The molecule has 0 aliphatic heterocycles. The van der Waals surface area contributed by atoms with Gasteiger partial charge in [0.15, 0.2) is 6.61 Å². The summed E-state index contributed by atoms with van der Waals surface area (Å²) in [6.07, 6.45) is 0. The molecule has 6 nitrogen and oxygen atoms in total. The number of ether oxygens (including phenoxy) is 1. The van der Waals surface area contributed by atoms with Gasteiger partial charge < -0.3 is 4.74 Å². The van der Waals surface area contributed by atoms with Crippen LogP contribution in [-0.2, 0) is 14.8 Å². The van der Waals surface area contributed by atoms with Gasteiger partial charge in [-0.25, -0.2) is 18.4 Å². The van der Waals surface area contributed by atoms with Crippen molar-refractivity contribution in [3.63, 3.8) is 0 Å². The molecule has 0 unspecified atom stereocenters. The highest BCUT2D eigenvalue weighted by molar-refractivity contribution is 7.89. The summed E-state index contributed by atoms with van der Waals surface area (Å²) in [5.41, 5.74) is 0.544. The molecule has 0 fully saturated rings. The number of primary sulfonamides is 1. The van der Waals surface area contributed by atoms with Gasteiger partial charge in [-0.3, -0.25) is 4.79 Å². The van der Waals surface area contributed by atoms with Crippen molar-refractivity contribution in [3.05, 3.63) is 50.7 Å². The molecule has 0 aliphatic rings. The maximum Gasteiger partial charge on any atom is 0.338 e. The van der Waals surface area contributed by atoms with E-state index in [4.69, 9.17) is 21.5 Å². The van der Waals surface area contributed by atoms with E-state index in [1.54, 1.807) is 13.0 Å². The fraction of sp³-hybridized carbons (Fsp3) is 0.143. The Morgan fingerprint density at radius 1 is 1.26 bits per heavy atom. The van der Waals surface area contributed by atoms with Gasteiger partial charge in [-0.2, -0.15) is 0 Å². The molecule has 1 heterocycles. The number of carbonyl (C=O) groups excluding carboxylic acids is 2. The second-order valence-electron chi connectivity index (χ2n) is 4.62. The first-order valence-corrected chi connectivity index (χ1v) is 9.01. The largest absolute Gasteiger partial charge is 0.454 e. The van der Waals surface area contributed by atoms with Crippen molar-refractivity contribution in [2.75, 3.05) is 6.61 Å². The number of nitrogens with two attached hydrogens (primary N) is 1. The molecule has 9 heteroatoms. The van der Waals surface area contributed by atoms with Crippen LogP contribution in [0.5, 0.6) is 0 Å². The molecule has 0 radical (unpaired) electrons. The van der Waals surface area contributed by atoms with Gasteiger partial charge in [-0.1, -0.05) is 17.7 Å². The van der Waals surface area contributed by atoms with Gasteiger partial charge in [0, 0.05) is 0 Å². The number of thiophene rings is 1. The van der Waals surface area contributed by atoms with E-state index in [0.717, 1.165) is 17.4 Å². The molecule has 0 amide bonds. The molecule has 2 aromatic rings. The number of halogens is 1. The van der Waals surface area contributed by atoms with Gasteiger partial charge in [0.1, 0.15) is 0 Å². The van der Waals surface area contributed by atoms with Gasteiger partial charge in [0.05, 0.1) is 19.7 Å². The van der Waals surface area contributed by atoms with Crippen molar-refractivity contribution in [1.29, 1.82) is 0 Å². The smallest absolute Gasteiger partial charge is 0.338 e. The summed E-state index contributed by atoms with van der Waals surface area (Å²) in [6, 6.07) is 6.97. The molecule has 2 rings (SSSR count). The Labute approximate surface area is 141 Å². The first-order valence-electron chi connectivity index (χ1n) is 6.27. The average molecular weight is 374 g/mol. The molecule has 2 N–H and O–H groups in total. The first kappa shape index (κ1) is 17.6. The zero-order valence-electron chi connectivity index (χ0n) is 11.9. The van der Waals surface area contributed by atoms with Crippen LogP contribution in [0.15, 0.2) is 35.2 Å². The van der Waals surface area contributed by atoms with Crippen LogP contribution >= 0.6 is 22.9 Å². The number of sulfonamides is 1. The summed E-state index contributed by atoms with van der Waals surface area (Å²) >= 11 is 6.81. The Morgan fingerprint density at radius 2 is 1.96 bits per heavy atom. The Morgan fingerprint density at radius 3 is 2.52 bits per heavy atom. The number of hydrogen-bond donors (Lipinski definition) is 1. The molecule has 1 aromatic heterocycles. The fourth-order valence-electron chi connectivity index (χ4n) is 1.74. The third kappa shape index (κ3) is 4.38. The number of hydrogen-bond acceptors (Lipinski definition) is 6. The van der Waals surface area contributed by atoms with Gasteiger partial charge in [0.25, 0.3) is 0 Å². The van der Waals surface area contributed by atoms with Crippen LogP contribution in [0.25, 0.3) is 0 Å². The van der Waals surface area contributed by atoms with Crippen molar-refractivity contribution in [2.24, 2.45) is 5.14 Å². The molecule has 0 spiro atoms. The van der Waals surface area contributed by atoms with E-state index in [2.05, 4.69) is 0 Å². The van der Waals surface area contributed by atoms with E-state index in [0.29, 0.717) is 14.8 Å². The summed E-state index contributed by atoms with van der Waals surface area (Å²) in [7, 11) is -3.93. The van der Waals surface area contributed by atoms with Crippen molar-refractivity contribution < 1.29 is 22.7 Å². The van der Waals surface area contributed by atoms with E-state index in [-0.39, 0.29) is 10.5 Å². The van der Waals surface area contributed by atoms with Gasteiger partial charge >= 0.3 is 5.97 Å². The summed E-state index contributed by atoms with van der Waals surface area (Å²) in [4.78, 5) is 24.1. The van der Waals surface area contributed by atoms with Gasteiger partial charge in [0.2, 0.25) is 15.8 Å². The normalized spacial score (nSPS) is 11.3. The molecule has 0 aliphatic carbocycles. The number of aryl methyl sites for hydroxylation is 1. The van der Waals surface area contributed by atoms with Crippen LogP contribution in [0.2, 0.25) is 4.34 Å². The monoisotopic (exact) mass is 373 g/mol. The highest BCUT2D eigenvalue weighted by Gasteiger charge is 2.18. The number of Topliss-reactive ketones (excluding diaryl/α,β-unsaturated/α-hetero) is 1. The minimum absolute atomic E-state index is 0.0357. The molecule has 122 valence electrons. The minimum atomic E-state index is -3.93. The average Bonchev–Trinajstić information content (AvgIpc) is 2.90. The second-order valence-corrected chi connectivity index (χ2v) is 7.90. The maximum atomic E-state index is 12.1. The zero-order valence-corrected chi connectivity index (χ0v) is 14.3. The lowest BCUT2D eigenvalue weighted by Gasteiger charge is -2.08. The topological polar surface area (TPSA) is 104 Å². The van der Waals surface area contributed by atoms with Crippen molar-refractivity contribution >= 4 is 44.7 Å². The third-order valence-corrected chi connectivity index (χ3v) is 5.12. The Balaban J connectivity index is 2.13. The highest BCUT2D eigenvalue weighted by atomic mass is 35.5. The van der Waals surface area contributed by atoms with Gasteiger partial charge in [-0.15, -0.1) is 11.3 Å². The Kier molecular flexibility index (Phi) is 5.20. The summed E-state index contributed by atoms with van der Waals surface area (Å²) in [5, 5.41) is 5.03. The Hall–Kier alpha value is -1.74. The lowest BCUT2D eigenvalue weighted by molar-refractivity contribution is 0.0475. The van der Waals surface area contributed by atoms with Crippen molar-refractivity contribution in [3.8, 4) is 0 Å². The highest BCUT2D eigenvalue weighted by Crippen LogP contribution is 2.22. The molecule has 0 atom stereocenters. The molecular weight excluding hydrogens is 362 g/mol. The Bertz CT molecular complexity index is 873.